The molecule has 0 saturated carbocycles. The van der Waals surface area contributed by atoms with Crippen LogP contribution in [0.5, 0.6) is 0 Å². The summed E-state index contributed by atoms with van der Waals surface area (Å²) < 4.78 is 1.63. The summed E-state index contributed by atoms with van der Waals surface area (Å²) in [7, 11) is 0. The third-order valence-electron chi connectivity index (χ3n) is 3.14. The molecule has 114 valence electrons. The summed E-state index contributed by atoms with van der Waals surface area (Å²) in [5.41, 5.74) is 1.06. The van der Waals surface area contributed by atoms with Gasteiger partial charge in [0.15, 0.2) is 5.69 Å². The number of benzene rings is 1. The minimum Gasteiger partial charge on any atom is -0.476 e. The van der Waals surface area contributed by atoms with Crippen molar-refractivity contribution < 1.29 is 14.7 Å². The fourth-order valence-corrected chi connectivity index (χ4v) is 2.08. The molecule has 0 radical (unpaired) electrons. The minimum atomic E-state index is -1.20. The van der Waals surface area contributed by atoms with Crippen molar-refractivity contribution in [2.45, 2.75) is 0 Å². The van der Waals surface area contributed by atoms with Gasteiger partial charge >= 0.3 is 5.97 Å². The van der Waals surface area contributed by atoms with Crippen molar-refractivity contribution in [3.63, 3.8) is 0 Å². The summed E-state index contributed by atoms with van der Waals surface area (Å²) in [6, 6.07) is 11.7. The Morgan fingerprint density at radius 2 is 1.96 bits per heavy atom. The molecule has 2 heterocycles. The van der Waals surface area contributed by atoms with E-state index in [0.717, 1.165) is 5.69 Å². The van der Waals surface area contributed by atoms with E-state index in [1.165, 1.54) is 12.3 Å². The molecular formula is C16H12N4O3. The number of nitrogens with zero attached hydrogens (tertiary/aromatic N) is 3. The van der Waals surface area contributed by atoms with E-state index in [9.17, 15) is 9.59 Å². The lowest BCUT2D eigenvalue weighted by molar-refractivity contribution is 0.0691. The van der Waals surface area contributed by atoms with Crippen LogP contribution in [0.4, 0.5) is 5.69 Å². The molecule has 0 aliphatic heterocycles. The predicted molar refractivity (Wildman–Crippen MR) is 82.7 cm³/mol. The lowest BCUT2D eigenvalue weighted by Crippen LogP contribution is -2.16. The van der Waals surface area contributed by atoms with Crippen LogP contribution in [-0.2, 0) is 0 Å². The van der Waals surface area contributed by atoms with Crippen LogP contribution in [0.2, 0.25) is 0 Å². The molecule has 0 saturated heterocycles. The highest BCUT2D eigenvalue weighted by Crippen LogP contribution is 2.15. The molecule has 0 spiro atoms. The molecular weight excluding hydrogens is 296 g/mol. The van der Waals surface area contributed by atoms with Crippen molar-refractivity contribution in [3.05, 3.63) is 72.3 Å². The molecule has 0 fully saturated rings. The number of carboxylic acid groups (broad SMARTS) is 1. The van der Waals surface area contributed by atoms with Gasteiger partial charge in [-0.3, -0.25) is 4.79 Å². The maximum Gasteiger partial charge on any atom is 0.356 e. The number of carbonyl (C=O) groups is 2. The predicted octanol–water partition coefficient (Wildman–Crippen LogP) is 2.22. The number of carboxylic acids is 1. The minimum absolute atomic E-state index is 0.148. The van der Waals surface area contributed by atoms with Gasteiger partial charge in [0.05, 0.1) is 11.4 Å². The molecule has 0 atom stereocenters. The largest absolute Gasteiger partial charge is 0.476 e. The van der Waals surface area contributed by atoms with Gasteiger partial charge in [-0.05, 0) is 36.4 Å². The van der Waals surface area contributed by atoms with E-state index in [2.05, 4.69) is 15.4 Å². The Balaban J connectivity index is 1.87. The van der Waals surface area contributed by atoms with Crippen LogP contribution in [-0.4, -0.2) is 31.7 Å². The van der Waals surface area contributed by atoms with E-state index in [1.54, 1.807) is 47.4 Å². The molecule has 3 aromatic rings. The van der Waals surface area contributed by atoms with Gasteiger partial charge in [-0.1, -0.05) is 6.07 Å². The van der Waals surface area contributed by atoms with Gasteiger partial charge in [0, 0.05) is 24.2 Å². The molecule has 0 aliphatic rings. The Kier molecular flexibility index (Phi) is 3.84. The number of hydrogen-bond donors (Lipinski definition) is 2. The highest BCUT2D eigenvalue weighted by Gasteiger charge is 2.14. The summed E-state index contributed by atoms with van der Waals surface area (Å²) in [4.78, 5) is 27.2. The van der Waals surface area contributed by atoms with E-state index in [4.69, 9.17) is 5.11 Å². The number of pyridine rings is 1. The van der Waals surface area contributed by atoms with Crippen molar-refractivity contribution in [2.24, 2.45) is 0 Å². The first-order valence-electron chi connectivity index (χ1n) is 6.75. The van der Waals surface area contributed by atoms with Crippen LogP contribution >= 0.6 is 0 Å². The Bertz CT molecular complexity index is 859. The number of carbonyl (C=O) groups excluding carboxylic acids is 1. The second-order valence-electron chi connectivity index (χ2n) is 4.66. The van der Waals surface area contributed by atoms with Gasteiger partial charge in [-0.2, -0.15) is 5.10 Å². The number of anilines is 1. The number of amides is 1. The van der Waals surface area contributed by atoms with E-state index >= 15 is 0 Å². The third kappa shape index (κ3) is 3.08. The van der Waals surface area contributed by atoms with Crippen molar-refractivity contribution >= 4 is 17.6 Å². The van der Waals surface area contributed by atoms with Crippen LogP contribution in [0.3, 0.4) is 0 Å². The van der Waals surface area contributed by atoms with Crippen LogP contribution < -0.4 is 5.32 Å². The standard InChI is InChI=1S/C16H12N4O3/c21-15(19-13-6-2-7-17-14(13)16(22)23)11-4-1-5-12(10-11)20-9-3-8-18-20/h1-10H,(H,19,21)(H,22,23). The molecule has 0 aliphatic carbocycles. The lowest BCUT2D eigenvalue weighted by Gasteiger charge is -2.08. The van der Waals surface area contributed by atoms with Crippen LogP contribution in [0.15, 0.2) is 61.1 Å². The zero-order chi connectivity index (χ0) is 16.2. The average Bonchev–Trinajstić information content (AvgIpc) is 3.10. The van der Waals surface area contributed by atoms with Gasteiger partial charge in [0.25, 0.3) is 5.91 Å². The summed E-state index contributed by atoms with van der Waals surface area (Å²) in [5, 5.41) is 15.8. The summed E-state index contributed by atoms with van der Waals surface area (Å²) in [6.07, 6.45) is 4.76. The van der Waals surface area contributed by atoms with Crippen molar-refractivity contribution in [1.82, 2.24) is 14.8 Å². The molecule has 2 N–H and O–H groups in total. The number of aromatic nitrogens is 3. The third-order valence-corrected chi connectivity index (χ3v) is 3.14. The monoisotopic (exact) mass is 308 g/mol. The van der Waals surface area contributed by atoms with Crippen LogP contribution in [0.25, 0.3) is 5.69 Å². The molecule has 1 amide bonds. The maximum atomic E-state index is 12.3. The first-order valence-corrected chi connectivity index (χ1v) is 6.75. The SMILES string of the molecule is O=C(Nc1cccnc1C(=O)O)c1cccc(-n2cccn2)c1. The quantitative estimate of drug-likeness (QED) is 0.770. The van der Waals surface area contributed by atoms with Gasteiger partial charge in [-0.15, -0.1) is 0 Å². The molecule has 0 unspecified atom stereocenters. The molecule has 7 heteroatoms. The Morgan fingerprint density at radius 3 is 2.70 bits per heavy atom. The molecule has 1 aromatic carbocycles. The van der Waals surface area contributed by atoms with E-state index in [-0.39, 0.29) is 11.4 Å². The summed E-state index contributed by atoms with van der Waals surface area (Å²) >= 11 is 0. The second kappa shape index (κ2) is 6.10. The summed E-state index contributed by atoms with van der Waals surface area (Å²) in [6.45, 7) is 0. The first kappa shape index (κ1) is 14.5. The molecule has 0 bridgehead atoms. The Hall–Kier alpha value is -3.48. The Labute approximate surface area is 131 Å². The molecule has 7 nitrogen and oxygen atoms in total. The zero-order valence-electron chi connectivity index (χ0n) is 11.9. The van der Waals surface area contributed by atoms with Gasteiger partial charge < -0.3 is 10.4 Å². The maximum absolute atomic E-state index is 12.3. The number of nitrogens with one attached hydrogen (secondary N) is 1. The highest BCUT2D eigenvalue weighted by molar-refractivity contribution is 6.07. The highest BCUT2D eigenvalue weighted by atomic mass is 16.4. The van der Waals surface area contributed by atoms with Crippen LogP contribution in [0, 0.1) is 0 Å². The lowest BCUT2D eigenvalue weighted by atomic mass is 10.1. The molecule has 3 rings (SSSR count). The van der Waals surface area contributed by atoms with Crippen LogP contribution in [0.1, 0.15) is 20.8 Å². The Morgan fingerprint density at radius 1 is 1.09 bits per heavy atom. The molecule has 2 aromatic heterocycles. The van der Waals surface area contributed by atoms with Gasteiger partial charge in [-0.25, -0.2) is 14.5 Å². The number of hydrogen-bond acceptors (Lipinski definition) is 4. The fraction of sp³-hybridized carbons (Fsp3) is 0. The van der Waals surface area contributed by atoms with Gasteiger partial charge in [0.2, 0.25) is 0 Å². The summed E-state index contributed by atoms with van der Waals surface area (Å²) in [5.74, 6) is -1.62. The zero-order valence-corrected chi connectivity index (χ0v) is 11.9. The topological polar surface area (TPSA) is 97.1 Å². The normalized spacial score (nSPS) is 10.3. The fourth-order valence-electron chi connectivity index (χ4n) is 2.08. The molecule has 23 heavy (non-hydrogen) atoms. The van der Waals surface area contributed by atoms with Crippen molar-refractivity contribution in [1.29, 1.82) is 0 Å². The van der Waals surface area contributed by atoms with Crippen molar-refractivity contribution in [3.8, 4) is 5.69 Å². The van der Waals surface area contributed by atoms with Crippen molar-refractivity contribution in [2.75, 3.05) is 5.32 Å². The van der Waals surface area contributed by atoms with Gasteiger partial charge in [0.1, 0.15) is 0 Å². The van der Waals surface area contributed by atoms with E-state index < -0.39 is 11.9 Å². The number of aromatic carboxylic acids is 1. The second-order valence-corrected chi connectivity index (χ2v) is 4.66. The smallest absolute Gasteiger partial charge is 0.356 e. The van der Waals surface area contributed by atoms with E-state index in [1.807, 2.05) is 6.07 Å². The van der Waals surface area contributed by atoms with E-state index in [0.29, 0.717) is 5.56 Å². The average molecular weight is 308 g/mol. The number of rotatable bonds is 4. The first-order chi connectivity index (χ1) is 11.1.